The summed E-state index contributed by atoms with van der Waals surface area (Å²) >= 11 is 0. The zero-order valence-corrected chi connectivity index (χ0v) is 17.0. The van der Waals surface area contributed by atoms with Gasteiger partial charge in [-0.15, -0.1) is 0 Å². The molecule has 5 nitrogen and oxygen atoms in total. The van der Waals surface area contributed by atoms with Crippen LogP contribution in [0.1, 0.15) is 68.2 Å². The Hall–Kier alpha value is -1.65. The van der Waals surface area contributed by atoms with Crippen molar-refractivity contribution in [1.82, 2.24) is 4.90 Å². The molecule has 0 aromatic rings. The molecule has 1 aliphatic heterocycles. The number of nitrogens with zero attached hydrogens (tertiary/aromatic N) is 1. The summed E-state index contributed by atoms with van der Waals surface area (Å²) < 4.78 is 5.52. The molecule has 1 atom stereocenters. The monoisotopic (exact) mass is 351 g/mol. The van der Waals surface area contributed by atoms with Crippen LogP contribution in [0.4, 0.5) is 0 Å². The summed E-state index contributed by atoms with van der Waals surface area (Å²) in [6.07, 6.45) is 1.20. The Morgan fingerprint density at radius 1 is 1.04 bits per heavy atom. The topological polar surface area (TPSA) is 63.7 Å². The second kappa shape index (κ2) is 7.71. The van der Waals surface area contributed by atoms with Crippen LogP contribution in [0, 0.1) is 16.7 Å². The highest BCUT2D eigenvalue weighted by molar-refractivity contribution is 6.18. The highest BCUT2D eigenvalue weighted by Crippen LogP contribution is 2.44. The standard InChI is InChI=1S/C20H33NO4/c1-13(2)12-20(8,19(5,6)7)18(24)25-11-9-10-21-16(22)14(3)15(4)17(21)23/h13H,9-12H2,1-8H3. The first-order chi connectivity index (χ1) is 11.3. The third kappa shape index (κ3) is 4.50. The number of carbonyl (C=O) groups excluding carboxylic acids is 3. The zero-order valence-electron chi connectivity index (χ0n) is 17.0. The van der Waals surface area contributed by atoms with Crippen LogP contribution in [0.2, 0.25) is 0 Å². The molecule has 1 unspecified atom stereocenters. The number of imide groups is 1. The second-order valence-electron chi connectivity index (χ2n) is 8.68. The first-order valence-corrected chi connectivity index (χ1v) is 9.04. The van der Waals surface area contributed by atoms with Gasteiger partial charge in [0.2, 0.25) is 0 Å². The van der Waals surface area contributed by atoms with Gasteiger partial charge in [-0.3, -0.25) is 19.3 Å². The van der Waals surface area contributed by atoms with Gasteiger partial charge in [0.1, 0.15) is 0 Å². The minimum atomic E-state index is -0.574. The van der Waals surface area contributed by atoms with Crippen LogP contribution < -0.4 is 0 Å². The molecule has 1 aliphatic rings. The van der Waals surface area contributed by atoms with Gasteiger partial charge in [-0.25, -0.2) is 0 Å². The second-order valence-corrected chi connectivity index (χ2v) is 8.68. The maximum Gasteiger partial charge on any atom is 0.312 e. The third-order valence-corrected chi connectivity index (χ3v) is 5.38. The van der Waals surface area contributed by atoms with E-state index in [9.17, 15) is 14.4 Å². The van der Waals surface area contributed by atoms with Gasteiger partial charge < -0.3 is 4.74 Å². The van der Waals surface area contributed by atoms with Crippen LogP contribution in [0.5, 0.6) is 0 Å². The van der Waals surface area contributed by atoms with Crippen LogP contribution in [-0.4, -0.2) is 35.8 Å². The lowest BCUT2D eigenvalue weighted by atomic mass is 9.64. The van der Waals surface area contributed by atoms with Crippen molar-refractivity contribution in [3.05, 3.63) is 11.1 Å². The normalized spacial score (nSPS) is 18.2. The Balaban J connectivity index is 2.59. The van der Waals surface area contributed by atoms with Crippen molar-refractivity contribution in [1.29, 1.82) is 0 Å². The first kappa shape index (κ1) is 21.4. The van der Waals surface area contributed by atoms with Gasteiger partial charge >= 0.3 is 5.97 Å². The van der Waals surface area contributed by atoms with Crippen LogP contribution in [0.25, 0.3) is 0 Å². The fourth-order valence-corrected chi connectivity index (χ4v) is 3.08. The minimum Gasteiger partial charge on any atom is -0.465 e. The SMILES string of the molecule is CC1=C(C)C(=O)N(CCCOC(=O)C(C)(CC(C)C)C(C)(C)C)C1=O. The Morgan fingerprint density at radius 3 is 1.92 bits per heavy atom. The average Bonchev–Trinajstić information content (AvgIpc) is 2.66. The highest BCUT2D eigenvalue weighted by Gasteiger charge is 2.45. The molecule has 1 heterocycles. The lowest BCUT2D eigenvalue weighted by Crippen LogP contribution is -2.43. The lowest BCUT2D eigenvalue weighted by molar-refractivity contribution is -0.163. The van der Waals surface area contributed by atoms with E-state index in [1.807, 2.05) is 6.92 Å². The fourth-order valence-electron chi connectivity index (χ4n) is 3.08. The van der Waals surface area contributed by atoms with Gasteiger partial charge in [0.25, 0.3) is 11.8 Å². The predicted molar refractivity (Wildman–Crippen MR) is 97.7 cm³/mol. The van der Waals surface area contributed by atoms with Crippen LogP contribution >= 0.6 is 0 Å². The number of hydrogen-bond donors (Lipinski definition) is 0. The largest absolute Gasteiger partial charge is 0.465 e. The van der Waals surface area contributed by atoms with E-state index < -0.39 is 5.41 Å². The maximum atomic E-state index is 12.7. The molecule has 0 bridgehead atoms. The van der Waals surface area contributed by atoms with E-state index in [0.717, 1.165) is 6.42 Å². The molecular weight excluding hydrogens is 318 g/mol. The summed E-state index contributed by atoms with van der Waals surface area (Å²) in [5.41, 5.74) is 0.209. The lowest BCUT2D eigenvalue weighted by Gasteiger charge is -2.40. The van der Waals surface area contributed by atoms with Crippen molar-refractivity contribution in [3.63, 3.8) is 0 Å². The van der Waals surface area contributed by atoms with E-state index in [-0.39, 0.29) is 36.4 Å². The molecule has 0 saturated heterocycles. The fraction of sp³-hybridized carbons (Fsp3) is 0.750. The molecule has 0 N–H and O–H groups in total. The summed E-state index contributed by atoms with van der Waals surface area (Å²) in [7, 11) is 0. The van der Waals surface area contributed by atoms with Crippen molar-refractivity contribution in [2.24, 2.45) is 16.7 Å². The highest BCUT2D eigenvalue weighted by atomic mass is 16.5. The van der Waals surface area contributed by atoms with Gasteiger partial charge in [-0.2, -0.15) is 0 Å². The quantitative estimate of drug-likeness (QED) is 0.398. The predicted octanol–water partition coefficient (Wildman–Crippen LogP) is 3.72. The molecule has 0 aromatic carbocycles. The third-order valence-electron chi connectivity index (χ3n) is 5.38. The van der Waals surface area contributed by atoms with Crippen molar-refractivity contribution in [2.75, 3.05) is 13.2 Å². The van der Waals surface area contributed by atoms with Gasteiger partial charge in [0.05, 0.1) is 12.0 Å². The molecule has 2 amide bonds. The van der Waals surface area contributed by atoms with Crippen molar-refractivity contribution in [2.45, 2.75) is 68.2 Å². The number of rotatable bonds is 7. The molecule has 142 valence electrons. The molecule has 0 aromatic heterocycles. The van der Waals surface area contributed by atoms with Crippen molar-refractivity contribution < 1.29 is 19.1 Å². The molecule has 0 radical (unpaired) electrons. The van der Waals surface area contributed by atoms with Gasteiger partial charge in [-0.05, 0) is 44.9 Å². The summed E-state index contributed by atoms with van der Waals surface area (Å²) in [5, 5.41) is 0. The molecule has 0 aliphatic carbocycles. The van der Waals surface area contributed by atoms with E-state index in [4.69, 9.17) is 4.74 Å². The summed E-state index contributed by atoms with van der Waals surface area (Å²) in [4.78, 5) is 37.9. The molecule has 0 saturated carbocycles. The molecule has 1 rings (SSSR count). The minimum absolute atomic E-state index is 0.206. The first-order valence-electron chi connectivity index (χ1n) is 9.04. The molecule has 5 heteroatoms. The number of esters is 1. The van der Waals surface area contributed by atoms with Gasteiger partial charge in [-0.1, -0.05) is 34.6 Å². The summed E-state index contributed by atoms with van der Waals surface area (Å²) in [6, 6.07) is 0. The summed E-state index contributed by atoms with van der Waals surface area (Å²) in [6.45, 7) is 16.1. The van der Waals surface area contributed by atoms with E-state index in [1.165, 1.54) is 4.90 Å². The molecule has 0 spiro atoms. The number of carbonyl (C=O) groups is 3. The van der Waals surface area contributed by atoms with Gasteiger partial charge in [0.15, 0.2) is 0 Å². The van der Waals surface area contributed by atoms with E-state index in [2.05, 4.69) is 34.6 Å². The number of ether oxygens (including phenoxy) is 1. The van der Waals surface area contributed by atoms with E-state index in [1.54, 1.807) is 13.8 Å². The zero-order chi connectivity index (χ0) is 19.6. The van der Waals surface area contributed by atoms with Crippen molar-refractivity contribution >= 4 is 17.8 Å². The van der Waals surface area contributed by atoms with Crippen molar-refractivity contribution in [3.8, 4) is 0 Å². The smallest absolute Gasteiger partial charge is 0.312 e. The van der Waals surface area contributed by atoms with Crippen LogP contribution in [-0.2, 0) is 19.1 Å². The van der Waals surface area contributed by atoms with E-state index >= 15 is 0 Å². The Kier molecular flexibility index (Phi) is 6.60. The van der Waals surface area contributed by atoms with Crippen LogP contribution in [0.3, 0.4) is 0 Å². The number of hydrogen-bond acceptors (Lipinski definition) is 4. The molecule has 25 heavy (non-hydrogen) atoms. The van der Waals surface area contributed by atoms with Crippen LogP contribution in [0.15, 0.2) is 11.1 Å². The van der Waals surface area contributed by atoms with Gasteiger partial charge in [0, 0.05) is 17.7 Å². The Bertz CT molecular complexity index is 559. The Morgan fingerprint density at radius 2 is 1.52 bits per heavy atom. The summed E-state index contributed by atoms with van der Waals surface area (Å²) in [5.74, 6) is -0.312. The number of amides is 2. The maximum absolute atomic E-state index is 12.7. The van der Waals surface area contributed by atoms with E-state index in [0.29, 0.717) is 23.5 Å². The molecule has 0 fully saturated rings. The molecular formula is C20H33NO4. The Labute approximate surface area is 151 Å². The average molecular weight is 351 g/mol.